The molecule has 15 heavy (non-hydrogen) atoms. The highest BCUT2D eigenvalue weighted by molar-refractivity contribution is 5.62. The maximum atomic E-state index is 8.83. The van der Waals surface area contributed by atoms with Gasteiger partial charge >= 0.3 is 0 Å². The highest BCUT2D eigenvalue weighted by atomic mass is 15.2. The molecule has 2 aromatic rings. The fourth-order valence-electron chi connectivity index (χ4n) is 1.61. The Balaban J connectivity index is 2.53. The Bertz CT molecular complexity index is 532. The third-order valence-corrected chi connectivity index (χ3v) is 2.46. The van der Waals surface area contributed by atoms with Crippen LogP contribution in [0.25, 0.3) is 11.3 Å². The van der Waals surface area contributed by atoms with Gasteiger partial charge in [-0.1, -0.05) is 6.07 Å². The summed E-state index contributed by atoms with van der Waals surface area (Å²) in [5, 5.41) is 12.9. The Labute approximate surface area is 88.6 Å². The second-order valence-corrected chi connectivity index (χ2v) is 3.48. The van der Waals surface area contributed by atoms with Crippen LogP contribution in [0.3, 0.4) is 0 Å². The third-order valence-electron chi connectivity index (χ3n) is 2.46. The van der Waals surface area contributed by atoms with Gasteiger partial charge < -0.3 is 0 Å². The molecule has 0 unspecified atom stereocenters. The Kier molecular flexibility index (Phi) is 2.26. The number of nitrogens with zero attached hydrogens (tertiary/aromatic N) is 3. The molecule has 0 aliphatic rings. The van der Waals surface area contributed by atoms with Gasteiger partial charge in [0.1, 0.15) is 0 Å². The lowest BCUT2D eigenvalue weighted by atomic mass is 10.0. The Morgan fingerprint density at radius 1 is 1.33 bits per heavy atom. The van der Waals surface area contributed by atoms with Gasteiger partial charge in [0.2, 0.25) is 0 Å². The van der Waals surface area contributed by atoms with E-state index in [4.69, 9.17) is 5.26 Å². The van der Waals surface area contributed by atoms with E-state index >= 15 is 0 Å². The van der Waals surface area contributed by atoms with Gasteiger partial charge in [-0.15, -0.1) is 0 Å². The van der Waals surface area contributed by atoms with Crippen LogP contribution in [-0.4, -0.2) is 9.78 Å². The summed E-state index contributed by atoms with van der Waals surface area (Å²) in [7, 11) is 1.91. The lowest BCUT2D eigenvalue weighted by Gasteiger charge is -2.04. The first kappa shape index (κ1) is 9.47. The monoisotopic (exact) mass is 197 g/mol. The molecule has 0 amide bonds. The minimum Gasteiger partial charge on any atom is -0.268 e. The first-order valence-corrected chi connectivity index (χ1v) is 4.71. The van der Waals surface area contributed by atoms with Crippen molar-refractivity contribution in [2.75, 3.05) is 0 Å². The number of benzene rings is 1. The molecule has 2 rings (SSSR count). The van der Waals surface area contributed by atoms with E-state index in [1.54, 1.807) is 6.20 Å². The summed E-state index contributed by atoms with van der Waals surface area (Å²) in [5.74, 6) is 0. The van der Waals surface area contributed by atoms with E-state index < -0.39 is 0 Å². The van der Waals surface area contributed by atoms with Crippen LogP contribution in [0.5, 0.6) is 0 Å². The molecule has 0 atom stereocenters. The second kappa shape index (κ2) is 3.58. The van der Waals surface area contributed by atoms with Crippen LogP contribution < -0.4 is 0 Å². The summed E-state index contributed by atoms with van der Waals surface area (Å²) < 4.78 is 1.82. The molecule has 0 bridgehead atoms. The summed E-state index contributed by atoms with van der Waals surface area (Å²) in [6.07, 6.45) is 1.77. The largest absolute Gasteiger partial charge is 0.268 e. The van der Waals surface area contributed by atoms with E-state index in [9.17, 15) is 0 Å². The first-order chi connectivity index (χ1) is 7.22. The second-order valence-electron chi connectivity index (χ2n) is 3.48. The summed E-state index contributed by atoms with van der Waals surface area (Å²) in [5.41, 5.74) is 3.87. The molecule has 3 heteroatoms. The SMILES string of the molecule is Cc1cc(-c2ccnn2C)ccc1C#N. The van der Waals surface area contributed by atoms with Crippen molar-refractivity contribution in [1.29, 1.82) is 5.26 Å². The Morgan fingerprint density at radius 3 is 2.67 bits per heavy atom. The van der Waals surface area contributed by atoms with Crippen molar-refractivity contribution in [2.24, 2.45) is 7.05 Å². The highest BCUT2D eigenvalue weighted by Crippen LogP contribution is 2.20. The molecule has 0 saturated heterocycles. The van der Waals surface area contributed by atoms with Crippen molar-refractivity contribution in [3.05, 3.63) is 41.6 Å². The van der Waals surface area contributed by atoms with E-state index in [-0.39, 0.29) is 0 Å². The van der Waals surface area contributed by atoms with Gasteiger partial charge in [-0.05, 0) is 30.7 Å². The molecule has 0 fully saturated rings. The minimum absolute atomic E-state index is 0.723. The van der Waals surface area contributed by atoms with Gasteiger partial charge in [0.15, 0.2) is 0 Å². The average molecular weight is 197 g/mol. The zero-order valence-electron chi connectivity index (χ0n) is 8.73. The predicted octanol–water partition coefficient (Wildman–Crippen LogP) is 2.27. The van der Waals surface area contributed by atoms with E-state index in [1.165, 1.54) is 0 Å². The molecule has 1 aromatic carbocycles. The first-order valence-electron chi connectivity index (χ1n) is 4.71. The van der Waals surface area contributed by atoms with Gasteiger partial charge in [0, 0.05) is 18.8 Å². The summed E-state index contributed by atoms with van der Waals surface area (Å²) in [6.45, 7) is 1.94. The number of aromatic nitrogens is 2. The molecular formula is C12H11N3. The van der Waals surface area contributed by atoms with Crippen molar-refractivity contribution in [1.82, 2.24) is 9.78 Å². The van der Waals surface area contributed by atoms with Gasteiger partial charge in [-0.25, -0.2) is 0 Å². The van der Waals surface area contributed by atoms with E-state index in [1.807, 2.05) is 42.9 Å². The topological polar surface area (TPSA) is 41.6 Å². The van der Waals surface area contributed by atoms with E-state index in [0.29, 0.717) is 0 Å². The average Bonchev–Trinajstić information content (AvgIpc) is 2.64. The fraction of sp³-hybridized carbons (Fsp3) is 0.167. The lowest BCUT2D eigenvalue weighted by Crippen LogP contribution is -1.94. The molecule has 74 valence electrons. The molecule has 1 aromatic heterocycles. The fourth-order valence-corrected chi connectivity index (χ4v) is 1.61. The molecular weight excluding hydrogens is 186 g/mol. The predicted molar refractivity (Wildman–Crippen MR) is 58.1 cm³/mol. The van der Waals surface area contributed by atoms with Crippen molar-refractivity contribution >= 4 is 0 Å². The van der Waals surface area contributed by atoms with Crippen LogP contribution in [0.15, 0.2) is 30.5 Å². The summed E-state index contributed by atoms with van der Waals surface area (Å²) in [4.78, 5) is 0. The van der Waals surface area contributed by atoms with Crippen LogP contribution >= 0.6 is 0 Å². The van der Waals surface area contributed by atoms with Gasteiger partial charge in [0.05, 0.1) is 17.3 Å². The lowest BCUT2D eigenvalue weighted by molar-refractivity contribution is 0.776. The Morgan fingerprint density at radius 2 is 2.13 bits per heavy atom. The highest BCUT2D eigenvalue weighted by Gasteiger charge is 2.04. The molecule has 0 saturated carbocycles. The third kappa shape index (κ3) is 1.62. The molecule has 0 spiro atoms. The number of nitriles is 1. The molecule has 3 nitrogen and oxygen atoms in total. The quantitative estimate of drug-likeness (QED) is 0.703. The van der Waals surface area contributed by atoms with E-state index in [0.717, 1.165) is 22.4 Å². The standard InChI is InChI=1S/C12H11N3/c1-9-7-10(3-4-11(9)8-13)12-5-6-14-15(12)2/h3-7H,1-2H3. The summed E-state index contributed by atoms with van der Waals surface area (Å²) in [6, 6.07) is 9.92. The van der Waals surface area contributed by atoms with Crippen LogP contribution in [0.4, 0.5) is 0 Å². The van der Waals surface area contributed by atoms with Crippen molar-refractivity contribution in [3.8, 4) is 17.3 Å². The molecule has 1 heterocycles. The Hall–Kier alpha value is -2.08. The molecule has 0 N–H and O–H groups in total. The van der Waals surface area contributed by atoms with Crippen molar-refractivity contribution in [3.63, 3.8) is 0 Å². The zero-order valence-corrected chi connectivity index (χ0v) is 8.73. The number of aryl methyl sites for hydroxylation is 2. The number of rotatable bonds is 1. The summed E-state index contributed by atoms with van der Waals surface area (Å²) >= 11 is 0. The minimum atomic E-state index is 0.723. The van der Waals surface area contributed by atoms with Crippen LogP contribution in [0, 0.1) is 18.3 Å². The van der Waals surface area contributed by atoms with Gasteiger partial charge in [-0.2, -0.15) is 10.4 Å². The van der Waals surface area contributed by atoms with E-state index in [2.05, 4.69) is 11.2 Å². The van der Waals surface area contributed by atoms with Crippen LogP contribution in [0.2, 0.25) is 0 Å². The van der Waals surface area contributed by atoms with Crippen LogP contribution in [-0.2, 0) is 7.05 Å². The number of hydrogen-bond acceptors (Lipinski definition) is 2. The zero-order chi connectivity index (χ0) is 10.8. The van der Waals surface area contributed by atoms with Gasteiger partial charge in [0.25, 0.3) is 0 Å². The van der Waals surface area contributed by atoms with Crippen molar-refractivity contribution < 1.29 is 0 Å². The number of hydrogen-bond donors (Lipinski definition) is 0. The molecule has 0 radical (unpaired) electrons. The van der Waals surface area contributed by atoms with Gasteiger partial charge in [-0.3, -0.25) is 4.68 Å². The normalized spacial score (nSPS) is 9.93. The maximum Gasteiger partial charge on any atom is 0.0994 e. The van der Waals surface area contributed by atoms with Crippen LogP contribution in [0.1, 0.15) is 11.1 Å². The molecule has 0 aliphatic heterocycles. The maximum absolute atomic E-state index is 8.83. The van der Waals surface area contributed by atoms with Crippen molar-refractivity contribution in [2.45, 2.75) is 6.92 Å². The molecule has 0 aliphatic carbocycles. The smallest absolute Gasteiger partial charge is 0.0994 e.